The normalized spacial score (nSPS) is 10.6. The minimum Gasteiger partial charge on any atom is -0.459 e. The zero-order chi connectivity index (χ0) is 19.4. The molecule has 27 heavy (non-hydrogen) atoms. The lowest BCUT2D eigenvalue weighted by Gasteiger charge is -2.08. The first-order valence-corrected chi connectivity index (χ1v) is 8.41. The summed E-state index contributed by atoms with van der Waals surface area (Å²) in [6.45, 7) is 0.0499. The van der Waals surface area contributed by atoms with Crippen molar-refractivity contribution >= 4 is 17.6 Å². The third-order valence-electron chi connectivity index (χ3n) is 3.56. The van der Waals surface area contributed by atoms with Gasteiger partial charge in [-0.3, -0.25) is 15.3 Å². The maximum absolute atomic E-state index is 14.2. The molecule has 0 unspecified atom stereocenters. The number of nitro benzene ring substituents is 1. The molecule has 2 N–H and O–H groups in total. The van der Waals surface area contributed by atoms with Crippen molar-refractivity contribution in [2.75, 3.05) is 0 Å². The Labute approximate surface area is 156 Å². The van der Waals surface area contributed by atoms with E-state index in [-0.39, 0.29) is 40.3 Å². The largest absolute Gasteiger partial charge is 0.459 e. The first kappa shape index (κ1) is 18.7. The number of ether oxygens (including phenoxy) is 1. The molecule has 7 nitrogen and oxygen atoms in total. The second-order valence-corrected chi connectivity index (χ2v) is 6.00. The van der Waals surface area contributed by atoms with Crippen LogP contribution in [0.3, 0.4) is 0 Å². The van der Waals surface area contributed by atoms with Crippen molar-refractivity contribution in [3.05, 3.63) is 76.0 Å². The summed E-state index contributed by atoms with van der Waals surface area (Å²) in [5.41, 5.74) is 0.458. The molecule has 1 heterocycles. The average molecular weight is 390 g/mol. The van der Waals surface area contributed by atoms with Gasteiger partial charge >= 0.3 is 6.01 Å². The number of aromatic nitrogens is 2. The minimum absolute atomic E-state index is 0.0499. The van der Waals surface area contributed by atoms with Crippen LogP contribution in [0, 0.1) is 21.7 Å². The number of benzene rings is 2. The highest BCUT2D eigenvalue weighted by Gasteiger charge is 2.18. The van der Waals surface area contributed by atoms with Crippen molar-refractivity contribution < 1.29 is 18.4 Å². The summed E-state index contributed by atoms with van der Waals surface area (Å²) in [6, 6.07) is 9.59. The highest BCUT2D eigenvalue weighted by Crippen LogP contribution is 2.32. The number of nitrogens with two attached hydrogens (primary N) is 1. The topological polar surface area (TPSA) is 104 Å². The second kappa shape index (κ2) is 8.06. The van der Waals surface area contributed by atoms with E-state index >= 15 is 0 Å². The van der Waals surface area contributed by atoms with Crippen molar-refractivity contribution in [2.24, 2.45) is 5.14 Å². The Balaban J connectivity index is 1.88. The number of rotatable bonds is 6. The summed E-state index contributed by atoms with van der Waals surface area (Å²) in [7, 11) is 0. The molecule has 0 amide bonds. The molecular weight excluding hydrogens is 378 g/mol. The average Bonchev–Trinajstić information content (AvgIpc) is 2.68. The molecule has 0 saturated carbocycles. The zero-order valence-electron chi connectivity index (χ0n) is 13.6. The summed E-state index contributed by atoms with van der Waals surface area (Å²) in [5, 5.41) is 16.6. The lowest BCUT2D eigenvalue weighted by molar-refractivity contribution is -0.387. The molecule has 2 aromatic carbocycles. The Bertz CT molecular complexity index is 986. The van der Waals surface area contributed by atoms with Crippen molar-refractivity contribution in [1.82, 2.24) is 9.97 Å². The smallest absolute Gasteiger partial charge is 0.317 e. The maximum atomic E-state index is 14.2. The molecule has 138 valence electrons. The molecule has 10 heteroatoms. The third-order valence-corrected chi connectivity index (χ3v) is 4.16. The second-order valence-electron chi connectivity index (χ2n) is 5.32. The van der Waals surface area contributed by atoms with Gasteiger partial charge in [-0.05, 0) is 35.7 Å². The van der Waals surface area contributed by atoms with Crippen molar-refractivity contribution in [1.29, 1.82) is 0 Å². The minimum atomic E-state index is -0.758. The Morgan fingerprint density at radius 3 is 2.59 bits per heavy atom. The molecule has 0 aliphatic carbocycles. The van der Waals surface area contributed by atoms with Gasteiger partial charge < -0.3 is 4.74 Å². The van der Waals surface area contributed by atoms with E-state index in [1.54, 1.807) is 0 Å². The molecule has 0 radical (unpaired) electrons. The molecule has 0 saturated heterocycles. The number of hydrogen-bond acceptors (Lipinski definition) is 7. The van der Waals surface area contributed by atoms with Crippen molar-refractivity contribution in [2.45, 2.75) is 11.5 Å². The lowest BCUT2D eigenvalue weighted by Crippen LogP contribution is -2.02. The quantitative estimate of drug-likeness (QED) is 0.387. The summed E-state index contributed by atoms with van der Waals surface area (Å²) < 4.78 is 32.5. The van der Waals surface area contributed by atoms with Crippen LogP contribution in [0.5, 0.6) is 6.01 Å². The summed E-state index contributed by atoms with van der Waals surface area (Å²) in [4.78, 5) is 18.5. The van der Waals surface area contributed by atoms with Gasteiger partial charge in [-0.1, -0.05) is 18.2 Å². The molecular formula is C17H12F2N4O3S. The fourth-order valence-corrected chi connectivity index (χ4v) is 2.66. The molecule has 0 aliphatic rings. The van der Waals surface area contributed by atoms with Crippen molar-refractivity contribution in [3.8, 4) is 17.3 Å². The predicted octanol–water partition coefficient (Wildman–Crippen LogP) is 3.87. The van der Waals surface area contributed by atoms with Crippen LogP contribution >= 0.6 is 11.9 Å². The van der Waals surface area contributed by atoms with E-state index in [9.17, 15) is 18.9 Å². The maximum Gasteiger partial charge on any atom is 0.317 e. The first-order chi connectivity index (χ1) is 13.0. The Hall–Kier alpha value is -3.11. The number of hydrogen-bond donors (Lipinski definition) is 1. The van der Waals surface area contributed by atoms with E-state index < -0.39 is 10.7 Å². The van der Waals surface area contributed by atoms with Gasteiger partial charge in [0.05, 0.1) is 11.1 Å². The van der Waals surface area contributed by atoms with Gasteiger partial charge in [-0.25, -0.2) is 13.8 Å². The van der Waals surface area contributed by atoms with E-state index in [4.69, 9.17) is 9.88 Å². The Morgan fingerprint density at radius 1 is 1.19 bits per heavy atom. The van der Waals surface area contributed by atoms with Crippen LogP contribution in [0.25, 0.3) is 11.3 Å². The van der Waals surface area contributed by atoms with Gasteiger partial charge in [0.15, 0.2) is 5.82 Å². The zero-order valence-corrected chi connectivity index (χ0v) is 14.5. The van der Waals surface area contributed by atoms with Gasteiger partial charge in [-0.2, -0.15) is 4.98 Å². The summed E-state index contributed by atoms with van der Waals surface area (Å²) in [6.07, 6.45) is 0.916. The fourth-order valence-electron chi connectivity index (χ4n) is 2.26. The molecule has 0 fully saturated rings. The lowest BCUT2D eigenvalue weighted by atomic mass is 10.1. The van der Waals surface area contributed by atoms with Crippen LogP contribution in [0.15, 0.2) is 53.6 Å². The summed E-state index contributed by atoms with van der Waals surface area (Å²) >= 11 is 0.722. The van der Waals surface area contributed by atoms with Crippen molar-refractivity contribution in [3.63, 3.8) is 0 Å². The first-order valence-electron chi connectivity index (χ1n) is 7.53. The van der Waals surface area contributed by atoms with Gasteiger partial charge in [0.25, 0.3) is 5.69 Å². The standard InChI is InChI=1S/C17H12F2N4O3S/c18-12-4-1-10(2-5-12)9-26-17-21-8-13(19)16(22-17)11-3-6-15(27-20)14(7-11)23(24)25/h1-8H,9,20H2. The van der Waals surface area contributed by atoms with Crippen LogP contribution in [0.2, 0.25) is 0 Å². The number of nitro groups is 1. The fraction of sp³-hybridized carbons (Fsp3) is 0.0588. The van der Waals surface area contributed by atoms with Crippen LogP contribution in [-0.4, -0.2) is 14.9 Å². The van der Waals surface area contributed by atoms with E-state index in [0.717, 1.165) is 18.1 Å². The van der Waals surface area contributed by atoms with E-state index in [1.165, 1.54) is 42.5 Å². The predicted molar refractivity (Wildman–Crippen MR) is 94.9 cm³/mol. The van der Waals surface area contributed by atoms with Crippen LogP contribution < -0.4 is 9.88 Å². The highest BCUT2D eigenvalue weighted by atomic mass is 32.2. The SMILES string of the molecule is NSc1ccc(-c2nc(OCc3ccc(F)cc3)ncc2F)cc1[N+](=O)[O-]. The number of nitrogens with zero attached hydrogens (tertiary/aromatic N) is 3. The van der Waals surface area contributed by atoms with Crippen LogP contribution in [0.4, 0.5) is 14.5 Å². The molecule has 0 spiro atoms. The Kier molecular flexibility index (Phi) is 5.57. The number of halogens is 2. The third kappa shape index (κ3) is 4.36. The monoisotopic (exact) mass is 390 g/mol. The molecule has 0 bridgehead atoms. The molecule has 1 aromatic heterocycles. The highest BCUT2D eigenvalue weighted by molar-refractivity contribution is 7.97. The van der Waals surface area contributed by atoms with E-state index in [0.29, 0.717) is 5.56 Å². The van der Waals surface area contributed by atoms with E-state index in [1.807, 2.05) is 0 Å². The van der Waals surface area contributed by atoms with Crippen LogP contribution in [-0.2, 0) is 6.61 Å². The van der Waals surface area contributed by atoms with E-state index in [2.05, 4.69) is 9.97 Å². The Morgan fingerprint density at radius 2 is 1.93 bits per heavy atom. The molecule has 0 atom stereocenters. The molecule has 3 aromatic rings. The molecule has 0 aliphatic heterocycles. The molecule has 3 rings (SSSR count). The van der Waals surface area contributed by atoms with Crippen LogP contribution in [0.1, 0.15) is 5.56 Å². The summed E-state index contributed by atoms with van der Waals surface area (Å²) in [5.74, 6) is -1.13. The van der Waals surface area contributed by atoms with Gasteiger partial charge in [0, 0.05) is 11.6 Å². The van der Waals surface area contributed by atoms with Gasteiger partial charge in [0.1, 0.15) is 23.0 Å². The van der Waals surface area contributed by atoms with Gasteiger partial charge in [0.2, 0.25) is 0 Å². The van der Waals surface area contributed by atoms with Gasteiger partial charge in [-0.15, -0.1) is 0 Å².